The molecule has 1 fully saturated rings. The second-order valence-electron chi connectivity index (χ2n) is 4.70. The average molecular weight is 207 g/mol. The maximum Gasteiger partial charge on any atom is 0.132 e. The molecule has 1 saturated carbocycles. The topological polar surface area (TPSA) is 26.0 Å². The van der Waals surface area contributed by atoms with Crippen molar-refractivity contribution in [3.05, 3.63) is 35.4 Å². The lowest BCUT2D eigenvalue weighted by atomic mass is 9.64. The minimum absolute atomic E-state index is 0.270. The molecule has 1 nitrogen and oxygen atoms in total. The molecule has 0 aromatic heterocycles. The van der Waals surface area contributed by atoms with Gasteiger partial charge in [0.2, 0.25) is 0 Å². The Balaban J connectivity index is 2.23. The van der Waals surface area contributed by atoms with E-state index in [1.54, 1.807) is 0 Å². The number of rotatable bonds is 3. The molecule has 0 radical (unpaired) electrons. The lowest BCUT2D eigenvalue weighted by Crippen LogP contribution is -2.41. The monoisotopic (exact) mass is 207 g/mol. The summed E-state index contributed by atoms with van der Waals surface area (Å²) in [6, 6.07) is 7.71. The Morgan fingerprint density at radius 3 is 2.67 bits per heavy atom. The van der Waals surface area contributed by atoms with E-state index in [-0.39, 0.29) is 5.41 Å². The lowest BCUT2D eigenvalue weighted by Gasteiger charge is -2.43. The highest BCUT2D eigenvalue weighted by atomic mass is 19.1. The Labute approximate surface area is 90.5 Å². The third-order valence-electron chi connectivity index (χ3n) is 3.63. The number of alkyl halides is 1. The van der Waals surface area contributed by atoms with Gasteiger partial charge in [0, 0.05) is 12.0 Å². The number of nitrogens with two attached hydrogens (primary N) is 1. The highest BCUT2D eigenvalue weighted by Gasteiger charge is 2.44. The average Bonchev–Trinajstić information content (AvgIpc) is 2.17. The zero-order chi connectivity index (χ0) is 10.9. The molecule has 0 spiro atoms. The van der Waals surface area contributed by atoms with Gasteiger partial charge in [0.1, 0.15) is 6.17 Å². The minimum Gasteiger partial charge on any atom is -0.330 e. The number of halogens is 1. The van der Waals surface area contributed by atoms with Gasteiger partial charge in [0.25, 0.3) is 0 Å². The predicted octanol–water partition coefficient (Wildman–Crippen LogP) is 3.13. The Morgan fingerprint density at radius 1 is 1.47 bits per heavy atom. The van der Waals surface area contributed by atoms with Gasteiger partial charge in [-0.1, -0.05) is 36.2 Å². The van der Waals surface area contributed by atoms with Crippen molar-refractivity contribution in [1.82, 2.24) is 0 Å². The van der Waals surface area contributed by atoms with Crippen molar-refractivity contribution in [2.75, 3.05) is 6.54 Å². The van der Waals surface area contributed by atoms with Crippen LogP contribution in [-0.2, 0) is 0 Å². The summed E-state index contributed by atoms with van der Waals surface area (Å²) in [5.74, 6) is 0. The molecule has 2 N–H and O–H groups in total. The van der Waals surface area contributed by atoms with Crippen molar-refractivity contribution < 1.29 is 4.39 Å². The first-order valence-corrected chi connectivity index (χ1v) is 5.59. The van der Waals surface area contributed by atoms with Crippen molar-refractivity contribution >= 4 is 0 Å². The first-order chi connectivity index (χ1) is 7.18. The van der Waals surface area contributed by atoms with E-state index >= 15 is 0 Å². The van der Waals surface area contributed by atoms with E-state index in [0.717, 1.165) is 30.4 Å². The van der Waals surface area contributed by atoms with Crippen LogP contribution in [0.25, 0.3) is 0 Å². The molecule has 0 aliphatic heterocycles. The van der Waals surface area contributed by atoms with Crippen molar-refractivity contribution in [1.29, 1.82) is 0 Å². The van der Waals surface area contributed by atoms with Crippen LogP contribution in [-0.4, -0.2) is 6.54 Å². The maximum atomic E-state index is 14.3. The molecule has 1 unspecified atom stereocenters. The second kappa shape index (κ2) is 3.93. The fourth-order valence-corrected chi connectivity index (χ4v) is 2.37. The molecule has 1 aromatic rings. The predicted molar refractivity (Wildman–Crippen MR) is 60.4 cm³/mol. The SMILES string of the molecule is Cc1cccc(C(F)C2(CN)CCC2)c1. The number of hydrogen-bond acceptors (Lipinski definition) is 1. The summed E-state index contributed by atoms with van der Waals surface area (Å²) in [4.78, 5) is 0. The highest BCUT2D eigenvalue weighted by Crippen LogP contribution is 2.51. The fraction of sp³-hybridized carbons (Fsp3) is 0.538. The van der Waals surface area contributed by atoms with Gasteiger partial charge in [-0.2, -0.15) is 0 Å². The first kappa shape index (κ1) is 10.6. The zero-order valence-corrected chi connectivity index (χ0v) is 9.17. The molecule has 0 heterocycles. The molecule has 1 aromatic carbocycles. The fourth-order valence-electron chi connectivity index (χ4n) is 2.37. The maximum absolute atomic E-state index is 14.3. The Bertz CT molecular complexity index is 339. The molecule has 1 atom stereocenters. The Hall–Kier alpha value is -0.890. The van der Waals surface area contributed by atoms with Crippen molar-refractivity contribution in [3.63, 3.8) is 0 Å². The summed E-state index contributed by atoms with van der Waals surface area (Å²) in [5.41, 5.74) is 7.34. The van der Waals surface area contributed by atoms with E-state index in [0.29, 0.717) is 6.54 Å². The van der Waals surface area contributed by atoms with Crippen LogP contribution in [0.1, 0.15) is 36.6 Å². The highest BCUT2D eigenvalue weighted by molar-refractivity contribution is 5.26. The van der Waals surface area contributed by atoms with Crippen LogP contribution in [0.5, 0.6) is 0 Å². The summed E-state index contributed by atoms with van der Waals surface area (Å²) in [6.07, 6.45) is 2.08. The molecule has 15 heavy (non-hydrogen) atoms. The number of benzene rings is 1. The molecule has 2 heteroatoms. The van der Waals surface area contributed by atoms with Crippen molar-refractivity contribution in [2.45, 2.75) is 32.4 Å². The van der Waals surface area contributed by atoms with Gasteiger partial charge in [-0.05, 0) is 25.3 Å². The molecule has 1 aliphatic rings. The summed E-state index contributed by atoms with van der Waals surface area (Å²) < 4.78 is 14.3. The standard InChI is InChI=1S/C13H18FN/c1-10-4-2-5-11(8-10)12(14)13(9-15)6-3-7-13/h2,4-5,8,12H,3,6-7,9,15H2,1H3. The normalized spacial score (nSPS) is 20.7. The van der Waals surface area contributed by atoms with Crippen molar-refractivity contribution in [3.8, 4) is 0 Å². The number of aryl methyl sites for hydroxylation is 1. The van der Waals surface area contributed by atoms with Gasteiger partial charge in [-0.15, -0.1) is 0 Å². The van der Waals surface area contributed by atoms with E-state index in [1.165, 1.54) is 0 Å². The van der Waals surface area contributed by atoms with Crippen LogP contribution in [0.2, 0.25) is 0 Å². The van der Waals surface area contributed by atoms with Gasteiger partial charge in [-0.3, -0.25) is 0 Å². The van der Waals surface area contributed by atoms with Crippen LogP contribution >= 0.6 is 0 Å². The van der Waals surface area contributed by atoms with Crippen LogP contribution in [0.4, 0.5) is 4.39 Å². The quantitative estimate of drug-likeness (QED) is 0.809. The molecule has 82 valence electrons. The van der Waals surface area contributed by atoms with Crippen molar-refractivity contribution in [2.24, 2.45) is 11.1 Å². The molecule has 2 rings (SSSR count). The third-order valence-corrected chi connectivity index (χ3v) is 3.63. The molecular formula is C13H18FN. The van der Waals surface area contributed by atoms with Crippen LogP contribution < -0.4 is 5.73 Å². The second-order valence-corrected chi connectivity index (χ2v) is 4.70. The molecule has 0 saturated heterocycles. The number of hydrogen-bond donors (Lipinski definition) is 1. The van der Waals surface area contributed by atoms with E-state index in [2.05, 4.69) is 0 Å². The van der Waals surface area contributed by atoms with Crippen LogP contribution in [0.3, 0.4) is 0 Å². The summed E-state index contributed by atoms with van der Waals surface area (Å²) >= 11 is 0. The van der Waals surface area contributed by atoms with Crippen LogP contribution in [0.15, 0.2) is 24.3 Å². The largest absolute Gasteiger partial charge is 0.330 e. The molecule has 0 amide bonds. The minimum atomic E-state index is -0.892. The van der Waals surface area contributed by atoms with E-state index in [9.17, 15) is 4.39 Å². The third kappa shape index (κ3) is 1.78. The lowest BCUT2D eigenvalue weighted by molar-refractivity contribution is 0.0284. The van der Waals surface area contributed by atoms with Gasteiger partial charge in [0.15, 0.2) is 0 Å². The van der Waals surface area contributed by atoms with Gasteiger partial charge >= 0.3 is 0 Å². The summed E-state index contributed by atoms with van der Waals surface area (Å²) in [6.45, 7) is 2.45. The van der Waals surface area contributed by atoms with E-state index < -0.39 is 6.17 Å². The summed E-state index contributed by atoms with van der Waals surface area (Å²) in [5, 5.41) is 0. The van der Waals surface area contributed by atoms with E-state index in [4.69, 9.17) is 5.73 Å². The van der Waals surface area contributed by atoms with Gasteiger partial charge in [-0.25, -0.2) is 4.39 Å². The van der Waals surface area contributed by atoms with Gasteiger partial charge in [0.05, 0.1) is 0 Å². The zero-order valence-electron chi connectivity index (χ0n) is 9.17. The molecular weight excluding hydrogens is 189 g/mol. The van der Waals surface area contributed by atoms with Gasteiger partial charge < -0.3 is 5.73 Å². The summed E-state index contributed by atoms with van der Waals surface area (Å²) in [7, 11) is 0. The smallest absolute Gasteiger partial charge is 0.132 e. The molecule has 1 aliphatic carbocycles. The first-order valence-electron chi connectivity index (χ1n) is 5.59. The Kier molecular flexibility index (Phi) is 2.79. The Morgan fingerprint density at radius 2 is 2.20 bits per heavy atom. The van der Waals surface area contributed by atoms with Crippen LogP contribution in [0, 0.1) is 12.3 Å². The molecule has 0 bridgehead atoms. The van der Waals surface area contributed by atoms with E-state index in [1.807, 2.05) is 31.2 Å².